The van der Waals surface area contributed by atoms with Crippen LogP contribution in [0.25, 0.3) is 0 Å². The lowest BCUT2D eigenvalue weighted by molar-refractivity contribution is 0.0914. The summed E-state index contributed by atoms with van der Waals surface area (Å²) in [5, 5.41) is 3.10. The van der Waals surface area contributed by atoms with Crippen molar-refractivity contribution in [2.45, 2.75) is 31.9 Å². The van der Waals surface area contributed by atoms with E-state index in [9.17, 15) is 9.59 Å². The Balaban J connectivity index is 1.66. The van der Waals surface area contributed by atoms with Crippen LogP contribution >= 0.6 is 0 Å². The molecule has 2 aromatic rings. The number of primary amides is 1. The lowest BCUT2D eigenvalue weighted by Crippen LogP contribution is -2.43. The molecule has 0 aromatic heterocycles. The van der Waals surface area contributed by atoms with Gasteiger partial charge in [-0.1, -0.05) is 0 Å². The van der Waals surface area contributed by atoms with Gasteiger partial charge in [-0.15, -0.1) is 0 Å². The Bertz CT molecular complexity index is 924. The van der Waals surface area contributed by atoms with Gasteiger partial charge >= 0.3 is 0 Å². The van der Waals surface area contributed by atoms with Crippen LogP contribution in [0.2, 0.25) is 0 Å². The fraction of sp³-hybridized carbons (Fsp3) is 0.417. The summed E-state index contributed by atoms with van der Waals surface area (Å²) in [7, 11) is 3.68. The van der Waals surface area contributed by atoms with Gasteiger partial charge < -0.3 is 30.2 Å². The minimum Gasteiger partial charge on any atom is -0.488 e. The number of ether oxygens (including phenoxy) is 3. The Morgan fingerprint density at radius 3 is 2.34 bits per heavy atom. The number of methoxy groups -OCH3 is 1. The van der Waals surface area contributed by atoms with Crippen LogP contribution in [0.4, 0.5) is 0 Å². The Morgan fingerprint density at radius 2 is 1.72 bits per heavy atom. The van der Waals surface area contributed by atoms with E-state index in [2.05, 4.69) is 17.3 Å². The van der Waals surface area contributed by atoms with E-state index >= 15 is 0 Å². The second-order valence-corrected chi connectivity index (χ2v) is 8.12. The van der Waals surface area contributed by atoms with Gasteiger partial charge in [0.05, 0.1) is 6.61 Å². The van der Waals surface area contributed by atoms with Crippen molar-refractivity contribution in [3.63, 3.8) is 0 Å². The van der Waals surface area contributed by atoms with E-state index in [1.54, 1.807) is 49.6 Å². The minimum absolute atomic E-state index is 0.0929. The number of piperidine rings is 1. The highest BCUT2D eigenvalue weighted by Gasteiger charge is 2.19. The van der Waals surface area contributed by atoms with Gasteiger partial charge in [-0.25, -0.2) is 0 Å². The molecule has 0 spiro atoms. The summed E-state index contributed by atoms with van der Waals surface area (Å²) in [5.41, 5.74) is 6.29. The molecular formula is C24H31N3O5. The van der Waals surface area contributed by atoms with E-state index in [1.807, 2.05) is 6.92 Å². The van der Waals surface area contributed by atoms with Crippen molar-refractivity contribution < 1.29 is 23.8 Å². The zero-order valence-electron chi connectivity index (χ0n) is 18.8. The van der Waals surface area contributed by atoms with Crippen molar-refractivity contribution in [3.8, 4) is 17.2 Å². The van der Waals surface area contributed by atoms with Crippen molar-refractivity contribution in [3.05, 3.63) is 53.6 Å². The highest BCUT2D eigenvalue weighted by molar-refractivity contribution is 5.94. The van der Waals surface area contributed by atoms with Gasteiger partial charge in [0.1, 0.15) is 23.4 Å². The third-order valence-corrected chi connectivity index (χ3v) is 5.31. The second kappa shape index (κ2) is 11.0. The molecule has 32 heavy (non-hydrogen) atoms. The first-order chi connectivity index (χ1) is 15.3. The van der Waals surface area contributed by atoms with E-state index in [1.165, 1.54) is 0 Å². The lowest BCUT2D eigenvalue weighted by Gasteiger charge is -2.29. The maximum atomic E-state index is 12.5. The first-order valence-corrected chi connectivity index (χ1v) is 10.7. The Hall–Kier alpha value is -3.10. The van der Waals surface area contributed by atoms with Gasteiger partial charge in [0.25, 0.3) is 5.91 Å². The van der Waals surface area contributed by atoms with Gasteiger partial charge in [-0.3, -0.25) is 9.59 Å². The minimum atomic E-state index is -0.583. The Morgan fingerprint density at radius 1 is 1.06 bits per heavy atom. The van der Waals surface area contributed by atoms with Crippen molar-refractivity contribution in [1.29, 1.82) is 0 Å². The fourth-order valence-electron chi connectivity index (χ4n) is 3.57. The molecule has 0 radical (unpaired) electrons. The molecule has 3 rings (SSSR count). The third-order valence-electron chi connectivity index (χ3n) is 5.31. The number of amides is 2. The summed E-state index contributed by atoms with van der Waals surface area (Å²) in [5.74, 6) is 0.711. The van der Waals surface area contributed by atoms with Crippen molar-refractivity contribution in [2.24, 2.45) is 5.73 Å². The number of nitrogens with zero attached hydrogens (tertiary/aromatic N) is 1. The van der Waals surface area contributed by atoms with E-state index in [0.29, 0.717) is 29.4 Å². The molecule has 0 aliphatic carbocycles. The van der Waals surface area contributed by atoms with Crippen LogP contribution in [0.5, 0.6) is 17.2 Å². The fourth-order valence-corrected chi connectivity index (χ4v) is 3.57. The van der Waals surface area contributed by atoms with Gasteiger partial charge in [0.15, 0.2) is 0 Å². The van der Waals surface area contributed by atoms with E-state index in [4.69, 9.17) is 19.9 Å². The molecule has 8 nitrogen and oxygen atoms in total. The summed E-state index contributed by atoms with van der Waals surface area (Å²) in [6.07, 6.45) is 1.69. The highest BCUT2D eigenvalue weighted by Crippen LogP contribution is 2.28. The number of nitrogens with one attached hydrogen (secondary N) is 1. The van der Waals surface area contributed by atoms with Gasteiger partial charge in [0, 0.05) is 30.3 Å². The zero-order valence-corrected chi connectivity index (χ0v) is 18.8. The number of benzene rings is 2. The molecule has 1 saturated heterocycles. The molecule has 2 aromatic carbocycles. The number of likely N-dealkylation sites (tertiary alicyclic amines) is 1. The summed E-state index contributed by atoms with van der Waals surface area (Å²) in [4.78, 5) is 26.5. The van der Waals surface area contributed by atoms with E-state index < -0.39 is 5.91 Å². The standard InChI is InChI=1S/C24H31N3O5/c1-16(15-30-3)31-21-12-18(23(25)28)13-22(14-21)32-20-6-4-17(5-7-20)24(29)26-19-8-10-27(2)11-9-19/h4-7,12-14,16,19H,8-11,15H2,1-3H3,(H2,25,28)(H,26,29). The summed E-state index contributed by atoms with van der Waals surface area (Å²) < 4.78 is 16.8. The monoisotopic (exact) mass is 441 g/mol. The second-order valence-electron chi connectivity index (χ2n) is 8.12. The van der Waals surface area contributed by atoms with Crippen LogP contribution in [0, 0.1) is 0 Å². The molecule has 1 heterocycles. The predicted octanol–water partition coefficient (Wildman–Crippen LogP) is 2.82. The van der Waals surface area contributed by atoms with Crippen LogP contribution in [0.1, 0.15) is 40.5 Å². The van der Waals surface area contributed by atoms with Crippen LogP contribution in [-0.2, 0) is 4.74 Å². The van der Waals surface area contributed by atoms with Gasteiger partial charge in [-0.2, -0.15) is 0 Å². The van der Waals surface area contributed by atoms with Crippen LogP contribution < -0.4 is 20.5 Å². The van der Waals surface area contributed by atoms with Gasteiger partial charge in [-0.05, 0) is 76.3 Å². The molecule has 0 bridgehead atoms. The molecule has 2 amide bonds. The van der Waals surface area contributed by atoms with Crippen molar-refractivity contribution in [1.82, 2.24) is 10.2 Å². The van der Waals surface area contributed by atoms with E-state index in [0.717, 1.165) is 25.9 Å². The predicted molar refractivity (Wildman–Crippen MR) is 121 cm³/mol. The number of hydrogen-bond donors (Lipinski definition) is 2. The molecule has 1 fully saturated rings. The molecule has 8 heteroatoms. The molecule has 3 N–H and O–H groups in total. The Kier molecular flexibility index (Phi) is 8.08. The molecule has 1 aliphatic rings. The van der Waals surface area contributed by atoms with Crippen LogP contribution in [0.15, 0.2) is 42.5 Å². The third kappa shape index (κ3) is 6.70. The SMILES string of the molecule is COCC(C)Oc1cc(Oc2ccc(C(=O)NC3CCN(C)CC3)cc2)cc(C(N)=O)c1. The molecule has 1 unspecified atom stereocenters. The largest absolute Gasteiger partial charge is 0.488 e. The molecule has 1 atom stereocenters. The first kappa shape index (κ1) is 23.6. The number of carbonyl (C=O) groups is 2. The summed E-state index contributed by atoms with van der Waals surface area (Å²) in [6, 6.07) is 11.9. The van der Waals surface area contributed by atoms with Crippen LogP contribution in [-0.4, -0.2) is 62.7 Å². The molecular weight excluding hydrogens is 410 g/mol. The van der Waals surface area contributed by atoms with E-state index in [-0.39, 0.29) is 23.6 Å². The molecule has 0 saturated carbocycles. The lowest BCUT2D eigenvalue weighted by atomic mass is 10.0. The first-order valence-electron chi connectivity index (χ1n) is 10.7. The quantitative estimate of drug-likeness (QED) is 0.620. The number of nitrogens with two attached hydrogens (primary N) is 1. The Labute approximate surface area is 188 Å². The van der Waals surface area contributed by atoms with Gasteiger partial charge in [0.2, 0.25) is 5.91 Å². The smallest absolute Gasteiger partial charge is 0.251 e. The molecule has 1 aliphatic heterocycles. The maximum absolute atomic E-state index is 12.5. The maximum Gasteiger partial charge on any atom is 0.251 e. The van der Waals surface area contributed by atoms with Crippen molar-refractivity contribution >= 4 is 11.8 Å². The summed E-state index contributed by atoms with van der Waals surface area (Å²) >= 11 is 0. The number of hydrogen-bond acceptors (Lipinski definition) is 6. The molecule has 172 valence electrons. The summed E-state index contributed by atoms with van der Waals surface area (Å²) in [6.45, 7) is 4.23. The average Bonchev–Trinajstić information content (AvgIpc) is 2.75. The number of carbonyl (C=O) groups excluding carboxylic acids is 2. The average molecular weight is 442 g/mol. The topological polar surface area (TPSA) is 103 Å². The van der Waals surface area contributed by atoms with Crippen LogP contribution in [0.3, 0.4) is 0 Å². The highest BCUT2D eigenvalue weighted by atomic mass is 16.5. The number of rotatable bonds is 9. The van der Waals surface area contributed by atoms with Crippen molar-refractivity contribution in [2.75, 3.05) is 33.9 Å². The zero-order chi connectivity index (χ0) is 23.1. The normalized spacial score (nSPS) is 15.7.